The van der Waals surface area contributed by atoms with Gasteiger partial charge in [0.2, 0.25) is 0 Å². The lowest BCUT2D eigenvalue weighted by Gasteiger charge is -2.21. The molecular formula is C16H39N5. The third-order valence-corrected chi connectivity index (χ3v) is 3.53. The molecule has 0 aromatic heterocycles. The molecule has 0 atom stereocenters. The van der Waals surface area contributed by atoms with Crippen LogP contribution in [0.4, 0.5) is 0 Å². The minimum Gasteiger partial charge on any atom is -0.330 e. The predicted molar refractivity (Wildman–Crippen MR) is 93.9 cm³/mol. The van der Waals surface area contributed by atoms with Gasteiger partial charge in [0, 0.05) is 0 Å². The first-order valence-corrected chi connectivity index (χ1v) is 8.83. The standard InChI is InChI=1S/C16H39N5/c1-3-14-21(15-6-9-18-2)16-7-13-20-12-5-11-19-10-4-8-17/h18-20H,3-17H2,1-2H3. The highest BCUT2D eigenvalue weighted by Gasteiger charge is 2.02. The number of rotatable bonds is 17. The SMILES string of the molecule is CCCN(CCCNC)CCCNCCCNCCCN. The van der Waals surface area contributed by atoms with E-state index >= 15 is 0 Å². The maximum atomic E-state index is 5.45. The molecule has 0 aromatic rings. The Morgan fingerprint density at radius 2 is 1.33 bits per heavy atom. The van der Waals surface area contributed by atoms with Crippen LogP contribution in [0.25, 0.3) is 0 Å². The molecule has 0 aliphatic rings. The minimum atomic E-state index is 0.786. The summed E-state index contributed by atoms with van der Waals surface area (Å²) >= 11 is 0. The van der Waals surface area contributed by atoms with Gasteiger partial charge >= 0.3 is 0 Å². The first-order chi connectivity index (χ1) is 10.3. The number of hydrogen-bond donors (Lipinski definition) is 4. The van der Waals surface area contributed by atoms with E-state index in [9.17, 15) is 0 Å². The average molecular weight is 302 g/mol. The Labute approximate surface area is 132 Å². The van der Waals surface area contributed by atoms with Gasteiger partial charge in [-0.1, -0.05) is 6.92 Å². The summed E-state index contributed by atoms with van der Waals surface area (Å²) in [6.45, 7) is 12.2. The van der Waals surface area contributed by atoms with E-state index in [1.54, 1.807) is 0 Å². The zero-order valence-corrected chi connectivity index (χ0v) is 14.4. The van der Waals surface area contributed by atoms with Gasteiger partial charge in [0.25, 0.3) is 0 Å². The topological polar surface area (TPSA) is 65.3 Å². The summed E-state index contributed by atoms with van der Waals surface area (Å²) < 4.78 is 0. The van der Waals surface area contributed by atoms with Gasteiger partial charge in [0.05, 0.1) is 0 Å². The summed E-state index contributed by atoms with van der Waals surface area (Å²) in [5.74, 6) is 0. The van der Waals surface area contributed by atoms with Crippen molar-refractivity contribution in [2.45, 2.75) is 39.0 Å². The molecule has 5 heteroatoms. The number of hydrogen-bond acceptors (Lipinski definition) is 5. The van der Waals surface area contributed by atoms with Gasteiger partial charge in [-0.15, -0.1) is 0 Å². The molecule has 0 radical (unpaired) electrons. The second-order valence-corrected chi connectivity index (χ2v) is 5.65. The van der Waals surface area contributed by atoms with E-state index in [4.69, 9.17) is 5.73 Å². The Balaban J connectivity index is 3.32. The van der Waals surface area contributed by atoms with Crippen molar-refractivity contribution in [1.29, 1.82) is 0 Å². The van der Waals surface area contributed by atoms with Crippen LogP contribution in [0.2, 0.25) is 0 Å². The highest BCUT2D eigenvalue weighted by atomic mass is 15.1. The summed E-state index contributed by atoms with van der Waals surface area (Å²) in [6, 6.07) is 0. The van der Waals surface area contributed by atoms with Gasteiger partial charge in [0.15, 0.2) is 0 Å². The van der Waals surface area contributed by atoms with Crippen LogP contribution in [0.1, 0.15) is 39.0 Å². The van der Waals surface area contributed by atoms with Gasteiger partial charge in [-0.2, -0.15) is 0 Å². The first kappa shape index (κ1) is 20.8. The van der Waals surface area contributed by atoms with Crippen molar-refractivity contribution in [2.75, 3.05) is 66.0 Å². The van der Waals surface area contributed by atoms with Crippen molar-refractivity contribution in [2.24, 2.45) is 5.73 Å². The molecule has 0 saturated carbocycles. The Morgan fingerprint density at radius 1 is 0.762 bits per heavy atom. The highest BCUT2D eigenvalue weighted by Crippen LogP contribution is 1.95. The Morgan fingerprint density at radius 3 is 1.90 bits per heavy atom. The fraction of sp³-hybridized carbons (Fsp3) is 1.00. The fourth-order valence-corrected chi connectivity index (χ4v) is 2.37. The lowest BCUT2D eigenvalue weighted by molar-refractivity contribution is 0.266. The molecule has 0 aliphatic carbocycles. The number of nitrogens with two attached hydrogens (primary N) is 1. The number of nitrogens with one attached hydrogen (secondary N) is 3. The molecule has 21 heavy (non-hydrogen) atoms. The molecule has 0 aromatic carbocycles. The third-order valence-electron chi connectivity index (χ3n) is 3.53. The van der Waals surface area contributed by atoms with Gasteiger partial charge in [0.1, 0.15) is 0 Å². The molecule has 0 bridgehead atoms. The molecule has 0 rings (SSSR count). The van der Waals surface area contributed by atoms with Crippen LogP contribution in [0.5, 0.6) is 0 Å². The summed E-state index contributed by atoms with van der Waals surface area (Å²) in [6.07, 6.45) is 6.03. The molecule has 0 unspecified atom stereocenters. The van der Waals surface area contributed by atoms with Crippen molar-refractivity contribution in [3.63, 3.8) is 0 Å². The van der Waals surface area contributed by atoms with Crippen molar-refractivity contribution < 1.29 is 0 Å². The van der Waals surface area contributed by atoms with Crippen LogP contribution in [0.15, 0.2) is 0 Å². The predicted octanol–water partition coefficient (Wildman–Crippen LogP) is 0.616. The Hall–Kier alpha value is -0.200. The van der Waals surface area contributed by atoms with Gasteiger partial charge in [-0.25, -0.2) is 0 Å². The lowest BCUT2D eigenvalue weighted by Crippen LogP contribution is -2.31. The third kappa shape index (κ3) is 16.0. The van der Waals surface area contributed by atoms with E-state index in [-0.39, 0.29) is 0 Å². The van der Waals surface area contributed by atoms with E-state index in [1.807, 2.05) is 7.05 Å². The van der Waals surface area contributed by atoms with Crippen LogP contribution >= 0.6 is 0 Å². The smallest absolute Gasteiger partial charge is 0.000663 e. The molecule has 128 valence electrons. The molecule has 0 fully saturated rings. The zero-order chi connectivity index (χ0) is 15.6. The maximum Gasteiger partial charge on any atom is -0.000663 e. The van der Waals surface area contributed by atoms with Crippen molar-refractivity contribution >= 4 is 0 Å². The molecule has 0 aliphatic heterocycles. The summed E-state index contributed by atoms with van der Waals surface area (Å²) in [5.41, 5.74) is 5.45. The molecule has 0 amide bonds. The van der Waals surface area contributed by atoms with E-state index in [0.717, 1.165) is 45.7 Å². The molecule has 0 spiro atoms. The van der Waals surface area contributed by atoms with Crippen LogP contribution in [0, 0.1) is 0 Å². The van der Waals surface area contributed by atoms with Crippen LogP contribution in [0.3, 0.4) is 0 Å². The molecule has 5 N–H and O–H groups in total. The summed E-state index contributed by atoms with van der Waals surface area (Å²) in [5, 5.41) is 10.2. The van der Waals surface area contributed by atoms with E-state index in [1.165, 1.54) is 45.3 Å². The van der Waals surface area contributed by atoms with Crippen molar-refractivity contribution in [3.05, 3.63) is 0 Å². The van der Waals surface area contributed by atoms with E-state index in [0.29, 0.717) is 0 Å². The average Bonchev–Trinajstić information content (AvgIpc) is 2.49. The monoisotopic (exact) mass is 301 g/mol. The van der Waals surface area contributed by atoms with Crippen LogP contribution in [-0.2, 0) is 0 Å². The van der Waals surface area contributed by atoms with Crippen molar-refractivity contribution in [1.82, 2.24) is 20.9 Å². The van der Waals surface area contributed by atoms with Crippen molar-refractivity contribution in [3.8, 4) is 0 Å². The Kier molecular flexibility index (Phi) is 17.7. The lowest BCUT2D eigenvalue weighted by atomic mass is 10.3. The summed E-state index contributed by atoms with van der Waals surface area (Å²) in [4.78, 5) is 2.59. The molecule has 0 saturated heterocycles. The Bertz CT molecular complexity index is 190. The van der Waals surface area contributed by atoms with Crippen LogP contribution < -0.4 is 21.7 Å². The van der Waals surface area contributed by atoms with E-state index < -0.39 is 0 Å². The zero-order valence-electron chi connectivity index (χ0n) is 14.4. The minimum absolute atomic E-state index is 0.786. The quantitative estimate of drug-likeness (QED) is 0.297. The number of nitrogens with zero attached hydrogens (tertiary/aromatic N) is 1. The molecule has 5 nitrogen and oxygen atoms in total. The van der Waals surface area contributed by atoms with E-state index in [2.05, 4.69) is 27.8 Å². The van der Waals surface area contributed by atoms with Gasteiger partial charge in [-0.05, 0) is 98.1 Å². The molecule has 0 heterocycles. The second kappa shape index (κ2) is 17.9. The largest absolute Gasteiger partial charge is 0.330 e. The first-order valence-electron chi connectivity index (χ1n) is 8.83. The molecular weight excluding hydrogens is 262 g/mol. The van der Waals surface area contributed by atoms with Gasteiger partial charge < -0.3 is 26.6 Å². The highest BCUT2D eigenvalue weighted by molar-refractivity contribution is 4.60. The van der Waals surface area contributed by atoms with Gasteiger partial charge in [-0.3, -0.25) is 0 Å². The fourth-order valence-electron chi connectivity index (χ4n) is 2.37. The second-order valence-electron chi connectivity index (χ2n) is 5.65. The van der Waals surface area contributed by atoms with Crippen LogP contribution in [-0.4, -0.2) is 70.9 Å². The normalized spacial score (nSPS) is 11.4. The maximum absolute atomic E-state index is 5.45. The summed E-state index contributed by atoms with van der Waals surface area (Å²) in [7, 11) is 2.03.